The molecule has 2 N–H and O–H groups in total. The lowest BCUT2D eigenvalue weighted by Gasteiger charge is -2.16. The predicted octanol–water partition coefficient (Wildman–Crippen LogP) is 1.78. The molecular weight excluding hydrogens is 324 g/mol. The van der Waals surface area contributed by atoms with Crippen molar-refractivity contribution in [2.75, 3.05) is 12.8 Å². The van der Waals surface area contributed by atoms with Gasteiger partial charge < -0.3 is 10.6 Å². The molecule has 9 heteroatoms. The second-order valence-electron chi connectivity index (χ2n) is 4.78. The number of likely N-dealkylation sites (N-methyl/N-ethyl adjacent to an activating group) is 1. The minimum atomic E-state index is -0.146. The van der Waals surface area contributed by atoms with E-state index in [4.69, 9.17) is 17.3 Å². The van der Waals surface area contributed by atoms with Crippen molar-refractivity contribution >= 4 is 44.9 Å². The Bertz CT molecular complexity index is 829. The number of amides is 1. The summed E-state index contributed by atoms with van der Waals surface area (Å²) in [7, 11) is 1.71. The molecule has 0 radical (unpaired) electrons. The average molecular weight is 337 g/mol. The number of nitrogens with two attached hydrogens (primary N) is 1. The fourth-order valence-corrected chi connectivity index (χ4v) is 3.59. The quantitative estimate of drug-likeness (QED) is 0.784. The van der Waals surface area contributed by atoms with Crippen LogP contribution in [0.3, 0.4) is 0 Å². The second-order valence-corrected chi connectivity index (χ2v) is 6.29. The Morgan fingerprint density at radius 3 is 2.91 bits per heavy atom. The third kappa shape index (κ3) is 2.75. The molecule has 114 valence electrons. The largest absolute Gasteiger partial charge is 0.367 e. The molecule has 0 unspecified atom stereocenters. The topological polar surface area (TPSA) is 89.9 Å². The van der Waals surface area contributed by atoms with E-state index in [9.17, 15) is 4.79 Å². The molecule has 0 saturated heterocycles. The number of anilines is 1. The first-order valence-corrected chi connectivity index (χ1v) is 7.67. The number of carbonyl (C=O) groups excluding carboxylic acids is 1. The minimum absolute atomic E-state index is 0.00214. The van der Waals surface area contributed by atoms with Crippen LogP contribution in [0.4, 0.5) is 5.95 Å². The highest BCUT2D eigenvalue weighted by Crippen LogP contribution is 2.35. The summed E-state index contributed by atoms with van der Waals surface area (Å²) in [6, 6.07) is 7.90. The molecule has 7 nitrogen and oxygen atoms in total. The number of carbonyl (C=O) groups is 1. The van der Waals surface area contributed by atoms with Gasteiger partial charge in [-0.3, -0.25) is 4.79 Å². The maximum absolute atomic E-state index is 12.2. The maximum atomic E-state index is 12.2. The number of rotatable bonds is 4. The van der Waals surface area contributed by atoms with E-state index < -0.39 is 0 Å². The van der Waals surface area contributed by atoms with Crippen molar-refractivity contribution in [2.45, 2.75) is 13.1 Å². The lowest BCUT2D eigenvalue weighted by molar-refractivity contribution is -0.131. The molecule has 0 saturated carbocycles. The molecule has 0 fully saturated rings. The van der Waals surface area contributed by atoms with Crippen molar-refractivity contribution in [2.24, 2.45) is 0 Å². The fourth-order valence-electron chi connectivity index (χ4n) is 2.04. The van der Waals surface area contributed by atoms with Gasteiger partial charge in [-0.05, 0) is 16.5 Å². The molecule has 3 aromatic rings. The molecule has 2 heterocycles. The SMILES string of the molecule is CN(Cc1sc2ccccc2c1Cl)C(=O)Cn1nnnc1N. The first kappa shape index (κ1) is 14.7. The van der Waals surface area contributed by atoms with Crippen molar-refractivity contribution in [1.29, 1.82) is 0 Å². The van der Waals surface area contributed by atoms with Gasteiger partial charge in [0.1, 0.15) is 6.54 Å². The predicted molar refractivity (Wildman–Crippen MR) is 85.5 cm³/mol. The van der Waals surface area contributed by atoms with Crippen LogP contribution in [0.15, 0.2) is 24.3 Å². The summed E-state index contributed by atoms with van der Waals surface area (Å²) < 4.78 is 2.36. The van der Waals surface area contributed by atoms with Crippen LogP contribution in [0.1, 0.15) is 4.88 Å². The van der Waals surface area contributed by atoms with Gasteiger partial charge in [-0.15, -0.1) is 11.3 Å². The van der Waals surface area contributed by atoms with Crippen molar-refractivity contribution in [3.63, 3.8) is 0 Å². The molecule has 2 aromatic heterocycles. The van der Waals surface area contributed by atoms with Gasteiger partial charge in [0, 0.05) is 22.0 Å². The van der Waals surface area contributed by atoms with Gasteiger partial charge in [0.2, 0.25) is 11.9 Å². The fraction of sp³-hybridized carbons (Fsp3) is 0.231. The van der Waals surface area contributed by atoms with E-state index in [-0.39, 0.29) is 18.4 Å². The van der Waals surface area contributed by atoms with E-state index in [0.717, 1.165) is 15.0 Å². The van der Waals surface area contributed by atoms with Crippen LogP contribution in [0.25, 0.3) is 10.1 Å². The number of nitrogen functional groups attached to an aromatic ring is 1. The zero-order valence-electron chi connectivity index (χ0n) is 11.7. The minimum Gasteiger partial charge on any atom is -0.367 e. The summed E-state index contributed by atoms with van der Waals surface area (Å²) in [5.41, 5.74) is 5.55. The normalized spacial score (nSPS) is 11.0. The van der Waals surface area contributed by atoms with Crippen LogP contribution in [0.5, 0.6) is 0 Å². The highest BCUT2D eigenvalue weighted by atomic mass is 35.5. The first-order chi connectivity index (χ1) is 10.6. The number of nitrogens with zero attached hydrogens (tertiary/aromatic N) is 5. The molecule has 0 aliphatic carbocycles. The third-order valence-corrected chi connectivity index (χ3v) is 4.95. The van der Waals surface area contributed by atoms with E-state index in [0.29, 0.717) is 11.6 Å². The molecule has 0 spiro atoms. The first-order valence-electron chi connectivity index (χ1n) is 6.47. The van der Waals surface area contributed by atoms with E-state index in [1.807, 2.05) is 24.3 Å². The number of fused-ring (bicyclic) bond motifs is 1. The van der Waals surface area contributed by atoms with Gasteiger partial charge in [-0.2, -0.15) is 0 Å². The Labute approximate surface area is 135 Å². The highest BCUT2D eigenvalue weighted by Gasteiger charge is 2.16. The Kier molecular flexibility index (Phi) is 3.95. The molecule has 22 heavy (non-hydrogen) atoms. The van der Waals surface area contributed by atoms with Gasteiger partial charge in [-0.1, -0.05) is 34.9 Å². The van der Waals surface area contributed by atoms with Crippen molar-refractivity contribution in [1.82, 2.24) is 25.1 Å². The molecule has 0 atom stereocenters. The Morgan fingerprint density at radius 2 is 2.23 bits per heavy atom. The number of halogens is 1. The van der Waals surface area contributed by atoms with Crippen LogP contribution in [-0.4, -0.2) is 38.1 Å². The summed E-state index contributed by atoms with van der Waals surface area (Å²) in [6.07, 6.45) is 0. The number of hydrogen-bond acceptors (Lipinski definition) is 6. The van der Waals surface area contributed by atoms with Crippen LogP contribution in [0.2, 0.25) is 5.02 Å². The molecule has 0 aliphatic rings. The molecule has 3 rings (SSSR count). The molecular formula is C13H13ClN6OS. The standard InChI is InChI=1S/C13H13ClN6OS/c1-19(11(21)7-20-13(15)16-17-18-20)6-10-12(14)8-4-2-3-5-9(8)22-10/h2-5H,6-7H2,1H3,(H2,15,16,18). The molecule has 1 amide bonds. The summed E-state index contributed by atoms with van der Waals surface area (Å²) >= 11 is 7.97. The smallest absolute Gasteiger partial charge is 0.244 e. The van der Waals surface area contributed by atoms with Gasteiger partial charge in [0.05, 0.1) is 11.6 Å². The third-order valence-electron chi connectivity index (χ3n) is 3.25. The Balaban J connectivity index is 1.75. The second kappa shape index (κ2) is 5.90. The summed E-state index contributed by atoms with van der Waals surface area (Å²) in [5.74, 6) is -0.0332. The van der Waals surface area contributed by atoms with Gasteiger partial charge >= 0.3 is 0 Å². The van der Waals surface area contributed by atoms with Crippen molar-refractivity contribution in [3.8, 4) is 0 Å². The van der Waals surface area contributed by atoms with Crippen LogP contribution < -0.4 is 5.73 Å². The lowest BCUT2D eigenvalue weighted by Crippen LogP contribution is -2.30. The number of benzene rings is 1. The van der Waals surface area contributed by atoms with Crippen molar-refractivity contribution in [3.05, 3.63) is 34.2 Å². The van der Waals surface area contributed by atoms with Gasteiger partial charge in [0.25, 0.3) is 0 Å². The van der Waals surface area contributed by atoms with Gasteiger partial charge in [0.15, 0.2) is 0 Å². The van der Waals surface area contributed by atoms with Crippen LogP contribution >= 0.6 is 22.9 Å². The lowest BCUT2D eigenvalue weighted by atomic mass is 10.2. The number of aromatic nitrogens is 4. The van der Waals surface area contributed by atoms with E-state index in [1.54, 1.807) is 23.3 Å². The van der Waals surface area contributed by atoms with E-state index in [1.165, 1.54) is 4.68 Å². The molecule has 0 aliphatic heterocycles. The maximum Gasteiger partial charge on any atom is 0.244 e. The van der Waals surface area contributed by atoms with E-state index in [2.05, 4.69) is 15.5 Å². The zero-order valence-corrected chi connectivity index (χ0v) is 13.3. The van der Waals surface area contributed by atoms with Crippen LogP contribution in [-0.2, 0) is 17.9 Å². The van der Waals surface area contributed by atoms with Crippen molar-refractivity contribution < 1.29 is 4.79 Å². The monoisotopic (exact) mass is 336 g/mol. The van der Waals surface area contributed by atoms with E-state index >= 15 is 0 Å². The van der Waals surface area contributed by atoms with Gasteiger partial charge in [-0.25, -0.2) is 4.68 Å². The highest BCUT2D eigenvalue weighted by molar-refractivity contribution is 7.19. The Hall–Kier alpha value is -2.19. The zero-order chi connectivity index (χ0) is 15.7. The average Bonchev–Trinajstić information content (AvgIpc) is 3.04. The summed E-state index contributed by atoms with van der Waals surface area (Å²) in [4.78, 5) is 14.7. The molecule has 0 bridgehead atoms. The number of thiophene rings is 1. The summed E-state index contributed by atoms with van der Waals surface area (Å²) in [5, 5.41) is 12.3. The number of tetrazole rings is 1. The molecule has 1 aromatic carbocycles. The number of hydrogen-bond donors (Lipinski definition) is 1. The summed E-state index contributed by atoms with van der Waals surface area (Å²) in [6.45, 7) is 0.427. The van der Waals surface area contributed by atoms with Crippen LogP contribution in [0, 0.1) is 0 Å². The Morgan fingerprint density at radius 1 is 1.45 bits per heavy atom.